The molecule has 0 saturated heterocycles. The summed E-state index contributed by atoms with van der Waals surface area (Å²) in [5.74, 6) is 2.33. The molecule has 2 aliphatic carbocycles. The zero-order valence-electron chi connectivity index (χ0n) is 10.3. The van der Waals surface area contributed by atoms with Gasteiger partial charge in [-0.1, -0.05) is 25.3 Å². The second kappa shape index (κ2) is 6.11. The molecule has 0 aromatic carbocycles. The lowest BCUT2D eigenvalue weighted by Gasteiger charge is -2.52. The molecule has 0 aromatic rings. The van der Waals surface area contributed by atoms with E-state index in [9.17, 15) is 0 Å². The molecule has 0 aliphatic heterocycles. The zero-order valence-corrected chi connectivity index (χ0v) is 11.2. The number of thioether (sulfide) groups is 1. The first-order valence-electron chi connectivity index (χ1n) is 6.79. The number of hydrogen-bond acceptors (Lipinski definition) is 2. The van der Waals surface area contributed by atoms with Crippen molar-refractivity contribution < 1.29 is 0 Å². The fourth-order valence-electron chi connectivity index (χ4n) is 3.34. The highest BCUT2D eigenvalue weighted by Gasteiger charge is 2.46. The van der Waals surface area contributed by atoms with Crippen molar-refractivity contribution in [3.63, 3.8) is 0 Å². The molecule has 2 heteroatoms. The predicted molar refractivity (Wildman–Crippen MR) is 74.1 cm³/mol. The van der Waals surface area contributed by atoms with Crippen molar-refractivity contribution >= 4 is 11.8 Å². The van der Waals surface area contributed by atoms with Crippen LogP contribution in [0.5, 0.6) is 0 Å². The molecule has 0 aromatic heterocycles. The van der Waals surface area contributed by atoms with E-state index in [1.807, 2.05) is 17.8 Å². The van der Waals surface area contributed by atoms with Gasteiger partial charge in [0, 0.05) is 24.1 Å². The van der Waals surface area contributed by atoms with Gasteiger partial charge in [-0.3, -0.25) is 0 Å². The maximum absolute atomic E-state index is 3.78. The van der Waals surface area contributed by atoms with E-state index in [-0.39, 0.29) is 0 Å². The van der Waals surface area contributed by atoms with Crippen molar-refractivity contribution in [2.24, 2.45) is 5.41 Å². The molecule has 0 heterocycles. The molecular weight excluding hydrogens is 214 g/mol. The third kappa shape index (κ3) is 2.84. The lowest BCUT2D eigenvalue weighted by atomic mass is 9.57. The third-order valence-electron chi connectivity index (χ3n) is 4.39. The van der Waals surface area contributed by atoms with Crippen LogP contribution in [0.1, 0.15) is 44.9 Å². The standard InChI is InChI=1S/C14H25NS/c1-2-11-16-12-10-15-13-6-9-14(13)7-4-3-5-8-14/h2,13,15H,1,3-12H2. The van der Waals surface area contributed by atoms with Crippen LogP contribution in [-0.4, -0.2) is 24.1 Å². The molecule has 2 saturated carbocycles. The SMILES string of the molecule is C=CCSCCNC1CCC12CCCCC2. The lowest BCUT2D eigenvalue weighted by Crippen LogP contribution is -2.54. The lowest BCUT2D eigenvalue weighted by molar-refractivity contribution is 0.0244. The van der Waals surface area contributed by atoms with Crippen molar-refractivity contribution in [1.29, 1.82) is 0 Å². The number of nitrogens with one attached hydrogen (secondary N) is 1. The highest BCUT2D eigenvalue weighted by atomic mass is 32.2. The Balaban J connectivity index is 1.64. The molecule has 2 aliphatic rings. The van der Waals surface area contributed by atoms with E-state index in [4.69, 9.17) is 0 Å². The molecule has 16 heavy (non-hydrogen) atoms. The minimum atomic E-state index is 0.724. The van der Waals surface area contributed by atoms with Crippen molar-refractivity contribution in [2.75, 3.05) is 18.1 Å². The van der Waals surface area contributed by atoms with Crippen molar-refractivity contribution in [3.8, 4) is 0 Å². The molecular formula is C14H25NS. The molecule has 2 fully saturated rings. The number of hydrogen-bond donors (Lipinski definition) is 1. The molecule has 1 unspecified atom stereocenters. The van der Waals surface area contributed by atoms with Gasteiger partial charge in [0.2, 0.25) is 0 Å². The summed E-state index contributed by atoms with van der Waals surface area (Å²) in [4.78, 5) is 0. The fourth-order valence-corrected chi connectivity index (χ4v) is 3.94. The monoisotopic (exact) mass is 239 g/mol. The Bertz CT molecular complexity index is 221. The van der Waals surface area contributed by atoms with Crippen LogP contribution in [0.15, 0.2) is 12.7 Å². The molecule has 0 amide bonds. The Morgan fingerprint density at radius 2 is 2.06 bits per heavy atom. The van der Waals surface area contributed by atoms with Gasteiger partial charge in [-0.15, -0.1) is 6.58 Å². The van der Waals surface area contributed by atoms with E-state index in [1.165, 1.54) is 57.2 Å². The largest absolute Gasteiger partial charge is 0.313 e. The van der Waals surface area contributed by atoms with E-state index in [0.717, 1.165) is 17.2 Å². The summed E-state index contributed by atoms with van der Waals surface area (Å²) < 4.78 is 0. The van der Waals surface area contributed by atoms with Gasteiger partial charge in [-0.25, -0.2) is 0 Å². The minimum absolute atomic E-state index is 0.724. The molecule has 0 bridgehead atoms. The van der Waals surface area contributed by atoms with E-state index >= 15 is 0 Å². The summed E-state index contributed by atoms with van der Waals surface area (Å²) in [6.07, 6.45) is 12.3. The van der Waals surface area contributed by atoms with Crippen molar-refractivity contribution in [3.05, 3.63) is 12.7 Å². The van der Waals surface area contributed by atoms with Crippen LogP contribution in [0, 0.1) is 5.41 Å². The van der Waals surface area contributed by atoms with Crippen LogP contribution in [0.25, 0.3) is 0 Å². The average Bonchev–Trinajstić information content (AvgIpc) is 2.33. The quantitative estimate of drug-likeness (QED) is 0.561. The first-order valence-corrected chi connectivity index (χ1v) is 7.95. The van der Waals surface area contributed by atoms with Gasteiger partial charge >= 0.3 is 0 Å². The third-order valence-corrected chi connectivity index (χ3v) is 5.36. The fraction of sp³-hybridized carbons (Fsp3) is 0.857. The van der Waals surface area contributed by atoms with Gasteiger partial charge in [0.05, 0.1) is 0 Å². The Morgan fingerprint density at radius 3 is 2.69 bits per heavy atom. The molecule has 92 valence electrons. The first-order chi connectivity index (χ1) is 7.87. The first kappa shape index (κ1) is 12.5. The molecule has 0 radical (unpaired) electrons. The van der Waals surface area contributed by atoms with Gasteiger partial charge in [0.1, 0.15) is 0 Å². The van der Waals surface area contributed by atoms with Crippen LogP contribution in [0.3, 0.4) is 0 Å². The average molecular weight is 239 g/mol. The zero-order chi connectivity index (χ0) is 11.3. The summed E-state index contributed by atoms with van der Waals surface area (Å²) in [5, 5.41) is 3.78. The summed E-state index contributed by atoms with van der Waals surface area (Å²) in [6, 6.07) is 0.845. The normalized spacial score (nSPS) is 27.6. The molecule has 1 atom stereocenters. The van der Waals surface area contributed by atoms with Gasteiger partial charge in [0.25, 0.3) is 0 Å². The highest BCUT2D eigenvalue weighted by molar-refractivity contribution is 7.99. The van der Waals surface area contributed by atoms with E-state index in [0.29, 0.717) is 0 Å². The van der Waals surface area contributed by atoms with Crippen LogP contribution in [0.2, 0.25) is 0 Å². The summed E-state index contributed by atoms with van der Waals surface area (Å²) in [7, 11) is 0. The topological polar surface area (TPSA) is 12.0 Å². The predicted octanol–water partition coefficient (Wildman–Crippen LogP) is 3.61. The van der Waals surface area contributed by atoms with Gasteiger partial charge in [-0.05, 0) is 31.1 Å². The summed E-state index contributed by atoms with van der Waals surface area (Å²) in [6.45, 7) is 4.93. The van der Waals surface area contributed by atoms with E-state index in [1.54, 1.807) is 0 Å². The van der Waals surface area contributed by atoms with Gasteiger partial charge < -0.3 is 5.32 Å². The highest BCUT2D eigenvalue weighted by Crippen LogP contribution is 2.51. The molecule has 1 spiro atoms. The summed E-state index contributed by atoms with van der Waals surface area (Å²) in [5.41, 5.74) is 0.724. The smallest absolute Gasteiger partial charge is 0.0124 e. The van der Waals surface area contributed by atoms with Crippen LogP contribution < -0.4 is 5.32 Å². The Morgan fingerprint density at radius 1 is 1.25 bits per heavy atom. The van der Waals surface area contributed by atoms with Crippen LogP contribution in [0.4, 0.5) is 0 Å². The van der Waals surface area contributed by atoms with E-state index < -0.39 is 0 Å². The second-order valence-corrected chi connectivity index (χ2v) is 6.48. The molecule has 2 rings (SSSR count). The van der Waals surface area contributed by atoms with Gasteiger partial charge in [0.15, 0.2) is 0 Å². The maximum Gasteiger partial charge on any atom is 0.0124 e. The van der Waals surface area contributed by atoms with Crippen LogP contribution in [-0.2, 0) is 0 Å². The molecule has 1 N–H and O–H groups in total. The second-order valence-electron chi connectivity index (χ2n) is 5.33. The van der Waals surface area contributed by atoms with Gasteiger partial charge in [-0.2, -0.15) is 11.8 Å². The minimum Gasteiger partial charge on any atom is -0.313 e. The van der Waals surface area contributed by atoms with Crippen molar-refractivity contribution in [1.82, 2.24) is 5.32 Å². The Labute approximate surface area is 104 Å². The molecule has 1 nitrogen and oxygen atoms in total. The van der Waals surface area contributed by atoms with E-state index in [2.05, 4.69) is 11.9 Å². The summed E-state index contributed by atoms with van der Waals surface area (Å²) >= 11 is 1.98. The van der Waals surface area contributed by atoms with Crippen molar-refractivity contribution in [2.45, 2.75) is 51.0 Å². The maximum atomic E-state index is 3.78. The van der Waals surface area contributed by atoms with Crippen LogP contribution >= 0.6 is 11.8 Å². The Hall–Kier alpha value is 0.0500. The number of rotatable bonds is 6. The Kier molecular flexibility index (Phi) is 4.78.